The lowest BCUT2D eigenvalue weighted by Gasteiger charge is -2.27. The van der Waals surface area contributed by atoms with E-state index in [4.69, 9.17) is 0 Å². The molecule has 4 N–H and O–H groups in total. The topological polar surface area (TPSA) is 89.8 Å². The lowest BCUT2D eigenvalue weighted by Crippen LogP contribution is -2.46. The molecule has 0 spiro atoms. The minimum Gasteiger partial charge on any atom is -0.508 e. The Bertz CT molecular complexity index is 591. The second kappa shape index (κ2) is 5.52. The van der Waals surface area contributed by atoms with Gasteiger partial charge in [0.15, 0.2) is 0 Å². The molecular weight excluding hydrogens is 278 g/mol. The highest BCUT2D eigenvalue weighted by atomic mass is 32.1. The fraction of sp³-hybridized carbons (Fsp3) is 0.214. The van der Waals surface area contributed by atoms with Gasteiger partial charge in [-0.05, 0) is 36.1 Å². The van der Waals surface area contributed by atoms with Crippen molar-refractivity contribution in [3.05, 3.63) is 46.2 Å². The third kappa shape index (κ3) is 2.92. The second-order valence-corrected chi connectivity index (χ2v) is 5.63. The molecule has 0 bridgehead atoms. The lowest BCUT2D eigenvalue weighted by atomic mass is 9.91. The number of carboxylic acids is 1. The summed E-state index contributed by atoms with van der Waals surface area (Å²) in [5, 5.41) is 33.4. The summed E-state index contributed by atoms with van der Waals surface area (Å²) < 4.78 is 0. The summed E-state index contributed by atoms with van der Waals surface area (Å²) in [6.07, 6.45) is 0. The van der Waals surface area contributed by atoms with Gasteiger partial charge in [-0.1, -0.05) is 6.07 Å². The highest BCUT2D eigenvalue weighted by molar-refractivity contribution is 7.09. The molecule has 2 rings (SSSR count). The van der Waals surface area contributed by atoms with Crippen molar-refractivity contribution < 1.29 is 20.1 Å². The summed E-state index contributed by atoms with van der Waals surface area (Å²) in [5.41, 5.74) is -1.11. The molecule has 2 aromatic rings. The van der Waals surface area contributed by atoms with Crippen molar-refractivity contribution in [1.29, 1.82) is 0 Å². The largest absolute Gasteiger partial charge is 0.508 e. The van der Waals surface area contributed by atoms with Crippen LogP contribution in [0.5, 0.6) is 11.5 Å². The molecule has 0 saturated carbocycles. The number of phenolic OH excluding ortho intramolecular Hbond substituents is 2. The Hall–Kier alpha value is -2.05. The van der Waals surface area contributed by atoms with Crippen LogP contribution in [-0.4, -0.2) is 21.3 Å². The Morgan fingerprint density at radius 1 is 1.30 bits per heavy atom. The molecule has 106 valence electrons. The van der Waals surface area contributed by atoms with Gasteiger partial charge in [0.25, 0.3) is 0 Å². The monoisotopic (exact) mass is 293 g/mol. The minimum atomic E-state index is -1.40. The van der Waals surface area contributed by atoms with Crippen molar-refractivity contribution in [2.24, 2.45) is 0 Å². The van der Waals surface area contributed by atoms with E-state index in [0.29, 0.717) is 12.1 Å². The Morgan fingerprint density at radius 2 is 1.95 bits per heavy atom. The van der Waals surface area contributed by atoms with Crippen LogP contribution in [0.4, 0.5) is 0 Å². The fourth-order valence-electron chi connectivity index (χ4n) is 1.86. The molecule has 0 aliphatic carbocycles. The van der Waals surface area contributed by atoms with E-state index in [-0.39, 0.29) is 11.5 Å². The zero-order valence-electron chi connectivity index (χ0n) is 10.8. The predicted octanol–water partition coefficient (Wildman–Crippen LogP) is 2.25. The maximum absolute atomic E-state index is 11.6. The van der Waals surface area contributed by atoms with Crippen molar-refractivity contribution in [2.45, 2.75) is 19.0 Å². The maximum atomic E-state index is 11.6. The fourth-order valence-corrected chi connectivity index (χ4v) is 2.51. The van der Waals surface area contributed by atoms with Gasteiger partial charge in [-0.3, -0.25) is 5.32 Å². The van der Waals surface area contributed by atoms with E-state index in [9.17, 15) is 20.1 Å². The number of thiophene rings is 1. The normalized spacial score (nSPS) is 13.8. The Balaban J connectivity index is 2.30. The molecule has 1 aromatic carbocycles. The Kier molecular flexibility index (Phi) is 3.96. The Morgan fingerprint density at radius 3 is 2.45 bits per heavy atom. The Labute approximate surface area is 120 Å². The molecule has 0 fully saturated rings. The molecule has 1 atom stereocenters. The van der Waals surface area contributed by atoms with Gasteiger partial charge in [-0.15, -0.1) is 11.3 Å². The van der Waals surface area contributed by atoms with Crippen LogP contribution in [0.25, 0.3) is 0 Å². The second-order valence-electron chi connectivity index (χ2n) is 4.60. The number of aliphatic carboxylic acids is 1. The van der Waals surface area contributed by atoms with Crippen LogP contribution in [-0.2, 0) is 16.9 Å². The van der Waals surface area contributed by atoms with Gasteiger partial charge in [0.05, 0.1) is 0 Å². The number of phenols is 2. The molecule has 0 saturated heterocycles. The van der Waals surface area contributed by atoms with E-state index in [2.05, 4.69) is 5.32 Å². The van der Waals surface area contributed by atoms with Crippen molar-refractivity contribution in [2.75, 3.05) is 0 Å². The van der Waals surface area contributed by atoms with E-state index in [1.165, 1.54) is 30.4 Å². The SMILES string of the molecule is CC(NCc1cccs1)(C(=O)O)c1cc(O)cc(O)c1. The summed E-state index contributed by atoms with van der Waals surface area (Å²) in [5.74, 6) is -1.44. The first-order chi connectivity index (χ1) is 9.41. The number of hydrogen-bond donors (Lipinski definition) is 4. The smallest absolute Gasteiger partial charge is 0.328 e. The number of hydrogen-bond acceptors (Lipinski definition) is 5. The van der Waals surface area contributed by atoms with Crippen molar-refractivity contribution in [3.63, 3.8) is 0 Å². The molecule has 1 unspecified atom stereocenters. The molecule has 1 heterocycles. The molecule has 0 aliphatic rings. The molecule has 0 amide bonds. The van der Waals surface area contributed by atoms with Crippen molar-refractivity contribution in [1.82, 2.24) is 5.32 Å². The molecule has 0 aliphatic heterocycles. The van der Waals surface area contributed by atoms with Gasteiger partial charge in [0, 0.05) is 17.5 Å². The molecule has 6 heteroatoms. The lowest BCUT2D eigenvalue weighted by molar-refractivity contribution is -0.144. The standard InChI is InChI=1S/C14H15NO4S/c1-14(13(18)19,15-8-12-3-2-4-20-12)9-5-10(16)7-11(17)6-9/h2-7,15-17H,8H2,1H3,(H,18,19). The number of carbonyl (C=O) groups is 1. The average Bonchev–Trinajstić information content (AvgIpc) is 2.87. The van der Waals surface area contributed by atoms with Crippen molar-refractivity contribution in [3.8, 4) is 11.5 Å². The summed E-state index contributed by atoms with van der Waals surface area (Å²) in [6.45, 7) is 1.88. The number of aromatic hydroxyl groups is 2. The zero-order chi connectivity index (χ0) is 14.8. The van der Waals surface area contributed by atoms with E-state index in [1.807, 2.05) is 17.5 Å². The first-order valence-electron chi connectivity index (χ1n) is 5.96. The van der Waals surface area contributed by atoms with Crippen LogP contribution in [0, 0.1) is 0 Å². The summed E-state index contributed by atoms with van der Waals surface area (Å²) in [6, 6.07) is 7.61. The summed E-state index contributed by atoms with van der Waals surface area (Å²) in [7, 11) is 0. The minimum absolute atomic E-state index is 0.176. The average molecular weight is 293 g/mol. The van der Waals surface area contributed by atoms with E-state index in [0.717, 1.165) is 10.9 Å². The van der Waals surface area contributed by atoms with Gasteiger partial charge in [0.1, 0.15) is 17.0 Å². The van der Waals surface area contributed by atoms with Gasteiger partial charge in [-0.2, -0.15) is 0 Å². The van der Waals surface area contributed by atoms with E-state index >= 15 is 0 Å². The first-order valence-corrected chi connectivity index (χ1v) is 6.84. The van der Waals surface area contributed by atoms with E-state index in [1.54, 1.807) is 0 Å². The molecule has 20 heavy (non-hydrogen) atoms. The quantitative estimate of drug-likeness (QED) is 0.679. The number of carboxylic acid groups (broad SMARTS) is 1. The number of benzene rings is 1. The van der Waals surface area contributed by atoms with Crippen LogP contribution in [0.15, 0.2) is 35.7 Å². The predicted molar refractivity (Wildman–Crippen MR) is 75.9 cm³/mol. The highest BCUT2D eigenvalue weighted by Crippen LogP contribution is 2.29. The summed E-state index contributed by atoms with van der Waals surface area (Å²) >= 11 is 1.52. The van der Waals surface area contributed by atoms with Crippen LogP contribution >= 0.6 is 11.3 Å². The highest BCUT2D eigenvalue weighted by Gasteiger charge is 2.35. The number of nitrogens with one attached hydrogen (secondary N) is 1. The van der Waals surface area contributed by atoms with Gasteiger partial charge >= 0.3 is 5.97 Å². The molecule has 0 radical (unpaired) electrons. The van der Waals surface area contributed by atoms with Gasteiger partial charge < -0.3 is 15.3 Å². The maximum Gasteiger partial charge on any atom is 0.328 e. The molecular formula is C14H15NO4S. The first kappa shape index (κ1) is 14.4. The van der Waals surface area contributed by atoms with Crippen LogP contribution in [0.2, 0.25) is 0 Å². The third-order valence-electron chi connectivity index (χ3n) is 3.10. The van der Waals surface area contributed by atoms with Gasteiger partial charge in [0.2, 0.25) is 0 Å². The molecule has 1 aromatic heterocycles. The van der Waals surface area contributed by atoms with Gasteiger partial charge in [-0.25, -0.2) is 4.79 Å². The van der Waals surface area contributed by atoms with E-state index < -0.39 is 11.5 Å². The van der Waals surface area contributed by atoms with Crippen LogP contribution in [0.1, 0.15) is 17.4 Å². The third-order valence-corrected chi connectivity index (χ3v) is 3.98. The zero-order valence-corrected chi connectivity index (χ0v) is 11.6. The van der Waals surface area contributed by atoms with Crippen LogP contribution in [0.3, 0.4) is 0 Å². The van der Waals surface area contributed by atoms with Crippen LogP contribution < -0.4 is 5.32 Å². The molecule has 5 nitrogen and oxygen atoms in total. The summed E-state index contributed by atoms with van der Waals surface area (Å²) in [4.78, 5) is 12.6. The number of rotatable bonds is 5. The van der Waals surface area contributed by atoms with Crippen molar-refractivity contribution >= 4 is 17.3 Å².